The van der Waals surface area contributed by atoms with Crippen LogP contribution in [0.25, 0.3) is 0 Å². The molecule has 4 rings (SSSR count). The minimum absolute atomic E-state index is 0.408. The van der Waals surface area contributed by atoms with Crippen LogP contribution in [0.4, 0.5) is 28.0 Å². The highest BCUT2D eigenvalue weighted by molar-refractivity contribution is 6.01. The Labute approximate surface area is 175 Å². The van der Waals surface area contributed by atoms with E-state index >= 15 is 0 Å². The molecular weight excluding hydrogens is 418 g/mol. The van der Waals surface area contributed by atoms with E-state index in [-0.39, 0.29) is 0 Å². The molecule has 0 saturated carbocycles. The number of hydroxylamine groups is 2. The highest BCUT2D eigenvalue weighted by atomic mass is 19.4. The molecule has 0 atom stereocenters. The smallest absolute Gasteiger partial charge is 0.388 e. The van der Waals surface area contributed by atoms with E-state index in [0.717, 1.165) is 12.1 Å². The fraction of sp³-hybridized carbons (Fsp3) is 0.333. The summed E-state index contributed by atoms with van der Waals surface area (Å²) in [6.45, 7) is 0.819. The fourth-order valence-electron chi connectivity index (χ4n) is 3.57. The second-order valence-electron chi connectivity index (χ2n) is 7.50. The third-order valence-electron chi connectivity index (χ3n) is 5.32. The number of halogens is 4. The summed E-state index contributed by atoms with van der Waals surface area (Å²) in [4.78, 5) is 22.9. The van der Waals surface area contributed by atoms with Crippen molar-refractivity contribution in [2.45, 2.75) is 31.0 Å². The molecule has 1 N–H and O–H groups in total. The van der Waals surface area contributed by atoms with Gasteiger partial charge in [0.05, 0.1) is 11.3 Å². The van der Waals surface area contributed by atoms with Gasteiger partial charge in [-0.25, -0.2) is 9.18 Å². The Balaban J connectivity index is 1.28. The highest BCUT2D eigenvalue weighted by Gasteiger charge is 2.43. The van der Waals surface area contributed by atoms with Gasteiger partial charge in [0.1, 0.15) is 11.4 Å². The molecule has 6 nitrogen and oxygen atoms in total. The van der Waals surface area contributed by atoms with Crippen molar-refractivity contribution >= 4 is 17.5 Å². The lowest BCUT2D eigenvalue weighted by molar-refractivity contribution is -0.154. The van der Waals surface area contributed by atoms with Crippen LogP contribution in [0.1, 0.15) is 30.4 Å². The van der Waals surface area contributed by atoms with E-state index in [9.17, 15) is 22.4 Å². The Morgan fingerprint density at radius 2 is 1.71 bits per heavy atom. The Kier molecular flexibility index (Phi) is 5.57. The van der Waals surface area contributed by atoms with Gasteiger partial charge in [-0.3, -0.25) is 5.32 Å². The van der Waals surface area contributed by atoms with Crippen LogP contribution >= 0.6 is 0 Å². The third kappa shape index (κ3) is 4.96. The summed E-state index contributed by atoms with van der Waals surface area (Å²) in [6.07, 6.45) is -3.54. The molecule has 0 bridgehead atoms. The van der Waals surface area contributed by atoms with Crippen molar-refractivity contribution in [1.29, 1.82) is 0 Å². The van der Waals surface area contributed by atoms with E-state index in [0.29, 0.717) is 49.3 Å². The first-order chi connectivity index (χ1) is 14.7. The molecule has 0 unspecified atom stereocenters. The van der Waals surface area contributed by atoms with Crippen LogP contribution in [0.5, 0.6) is 0 Å². The van der Waals surface area contributed by atoms with Crippen molar-refractivity contribution in [2.75, 3.05) is 18.4 Å². The zero-order valence-electron chi connectivity index (χ0n) is 16.3. The number of nitrogens with one attached hydrogen (secondary N) is 1. The molecule has 0 radical (unpaired) electrons. The topological polar surface area (TPSA) is 63.2 Å². The second kappa shape index (κ2) is 8.18. The van der Waals surface area contributed by atoms with Gasteiger partial charge in [-0.05, 0) is 42.0 Å². The zero-order chi connectivity index (χ0) is 22.1. The van der Waals surface area contributed by atoms with E-state index in [1.165, 1.54) is 41.5 Å². The average Bonchev–Trinajstić information content (AvgIpc) is 3.15. The van der Waals surface area contributed by atoms with Crippen LogP contribution in [0.2, 0.25) is 0 Å². The molecule has 2 aromatic rings. The maximum absolute atomic E-state index is 12.9. The van der Waals surface area contributed by atoms with Gasteiger partial charge in [-0.2, -0.15) is 13.2 Å². The molecule has 10 heteroatoms. The molecule has 1 fully saturated rings. The van der Waals surface area contributed by atoms with Crippen LogP contribution in [-0.2, 0) is 15.9 Å². The number of benzene rings is 2. The molecular formula is C21H19F4N3O3. The van der Waals surface area contributed by atoms with Gasteiger partial charge in [-0.1, -0.05) is 17.3 Å². The first kappa shape index (κ1) is 21.1. The van der Waals surface area contributed by atoms with Crippen molar-refractivity contribution in [3.05, 3.63) is 65.5 Å². The number of hydrogen-bond donors (Lipinski definition) is 1. The van der Waals surface area contributed by atoms with Crippen molar-refractivity contribution in [1.82, 2.24) is 5.06 Å². The quantitative estimate of drug-likeness (QED) is 0.689. The third-order valence-corrected chi connectivity index (χ3v) is 5.32. The van der Waals surface area contributed by atoms with Gasteiger partial charge in [0.15, 0.2) is 0 Å². The molecule has 2 heterocycles. The van der Waals surface area contributed by atoms with Crippen molar-refractivity contribution in [2.24, 2.45) is 5.16 Å². The second-order valence-corrected chi connectivity index (χ2v) is 7.50. The summed E-state index contributed by atoms with van der Waals surface area (Å²) in [7, 11) is 0. The zero-order valence-corrected chi connectivity index (χ0v) is 16.3. The molecule has 31 heavy (non-hydrogen) atoms. The first-order valence-corrected chi connectivity index (χ1v) is 9.65. The van der Waals surface area contributed by atoms with E-state index in [4.69, 9.17) is 9.68 Å². The van der Waals surface area contributed by atoms with Crippen LogP contribution in [-0.4, -0.2) is 35.6 Å². The Morgan fingerprint density at radius 1 is 1.06 bits per heavy atom. The summed E-state index contributed by atoms with van der Waals surface area (Å²) in [6, 6.07) is 10.1. The number of hydrogen-bond acceptors (Lipinski definition) is 5. The minimum Gasteiger partial charge on any atom is -0.388 e. The molecule has 0 aliphatic carbocycles. The molecule has 1 saturated heterocycles. The standard InChI is InChI=1S/C21H19F4N3O3/c22-16-5-7-17(8-6-16)26-19(29)30-28-11-9-20(10-12-28)13-18(27-31-20)14-1-3-15(4-2-14)21(23,24)25/h1-8H,9-13H2,(H,26,29). The van der Waals surface area contributed by atoms with Crippen LogP contribution in [0, 0.1) is 5.82 Å². The molecule has 2 aromatic carbocycles. The maximum atomic E-state index is 12.9. The number of piperidine rings is 1. The number of carbonyl (C=O) groups is 1. The van der Waals surface area contributed by atoms with Crippen molar-refractivity contribution in [3.8, 4) is 0 Å². The number of anilines is 1. The normalized spacial score (nSPS) is 18.4. The van der Waals surface area contributed by atoms with E-state index in [2.05, 4.69) is 10.5 Å². The predicted octanol–water partition coefficient (Wildman–Crippen LogP) is 4.97. The molecule has 0 aromatic heterocycles. The lowest BCUT2D eigenvalue weighted by atomic mass is 9.86. The van der Waals surface area contributed by atoms with E-state index in [1.54, 1.807) is 0 Å². The van der Waals surface area contributed by atoms with Crippen LogP contribution in [0.15, 0.2) is 53.7 Å². The number of rotatable bonds is 3. The molecule has 1 amide bonds. The monoisotopic (exact) mass is 437 g/mol. The van der Waals surface area contributed by atoms with E-state index in [1.807, 2.05) is 0 Å². The average molecular weight is 437 g/mol. The molecule has 2 aliphatic heterocycles. The van der Waals surface area contributed by atoms with Crippen molar-refractivity contribution in [3.63, 3.8) is 0 Å². The number of nitrogens with zero attached hydrogens (tertiary/aromatic N) is 2. The Bertz CT molecular complexity index is 967. The Hall–Kier alpha value is -3.14. The van der Waals surface area contributed by atoms with Gasteiger partial charge in [0.2, 0.25) is 0 Å². The summed E-state index contributed by atoms with van der Waals surface area (Å²) in [5.74, 6) is -0.408. The van der Waals surface area contributed by atoms with Gasteiger partial charge < -0.3 is 9.68 Å². The van der Waals surface area contributed by atoms with Crippen LogP contribution < -0.4 is 5.32 Å². The molecule has 1 spiro atoms. The van der Waals surface area contributed by atoms with Crippen LogP contribution in [0.3, 0.4) is 0 Å². The molecule has 164 valence electrons. The summed E-state index contributed by atoms with van der Waals surface area (Å²) in [5.41, 5.74) is 0.313. The van der Waals surface area contributed by atoms with Crippen molar-refractivity contribution < 1.29 is 32.0 Å². The van der Waals surface area contributed by atoms with Gasteiger partial charge in [-0.15, -0.1) is 5.06 Å². The molecule has 2 aliphatic rings. The number of carbonyl (C=O) groups excluding carboxylic acids is 1. The maximum Gasteiger partial charge on any atom is 0.430 e. The SMILES string of the molecule is O=C(Nc1ccc(F)cc1)ON1CCC2(CC1)CC(c1ccc(C(F)(F)F)cc1)=NO2. The highest BCUT2D eigenvalue weighted by Crippen LogP contribution is 2.37. The summed E-state index contributed by atoms with van der Waals surface area (Å²) < 4.78 is 51.1. The largest absolute Gasteiger partial charge is 0.430 e. The lowest BCUT2D eigenvalue weighted by Crippen LogP contribution is -2.45. The van der Waals surface area contributed by atoms with E-state index < -0.39 is 29.3 Å². The number of oxime groups is 1. The fourth-order valence-corrected chi connectivity index (χ4v) is 3.57. The predicted molar refractivity (Wildman–Crippen MR) is 104 cm³/mol. The number of alkyl halides is 3. The summed E-state index contributed by atoms with van der Waals surface area (Å²) in [5, 5.41) is 8.11. The number of amides is 1. The summed E-state index contributed by atoms with van der Waals surface area (Å²) >= 11 is 0. The van der Waals surface area contributed by atoms with Gasteiger partial charge in [0, 0.05) is 38.0 Å². The Morgan fingerprint density at radius 3 is 2.32 bits per heavy atom. The van der Waals surface area contributed by atoms with Gasteiger partial charge in [0.25, 0.3) is 0 Å². The van der Waals surface area contributed by atoms with Gasteiger partial charge >= 0.3 is 12.3 Å². The first-order valence-electron chi connectivity index (χ1n) is 9.65. The minimum atomic E-state index is -4.39. The lowest BCUT2D eigenvalue weighted by Gasteiger charge is -2.35.